The van der Waals surface area contributed by atoms with Gasteiger partial charge in [0.15, 0.2) is 0 Å². The summed E-state index contributed by atoms with van der Waals surface area (Å²) in [5.41, 5.74) is 2.81. The molecule has 4 nitrogen and oxygen atoms in total. The minimum atomic E-state index is -0.762. The van der Waals surface area contributed by atoms with Crippen molar-refractivity contribution in [2.24, 2.45) is 5.92 Å². The van der Waals surface area contributed by atoms with Crippen LogP contribution < -0.4 is 5.32 Å². The zero-order chi connectivity index (χ0) is 16.0. The zero-order valence-corrected chi connectivity index (χ0v) is 13.3. The van der Waals surface area contributed by atoms with E-state index in [9.17, 15) is 9.59 Å². The summed E-state index contributed by atoms with van der Waals surface area (Å²) < 4.78 is 0. The molecule has 4 heteroatoms. The number of hydrogen-bond acceptors (Lipinski definition) is 2. The number of nitrogens with one attached hydrogen (secondary N) is 1. The predicted molar refractivity (Wildman–Crippen MR) is 83.5 cm³/mol. The smallest absolute Gasteiger partial charge is 0.306 e. The highest BCUT2D eigenvalue weighted by Crippen LogP contribution is 2.12. The van der Waals surface area contributed by atoms with Gasteiger partial charge in [0, 0.05) is 11.6 Å². The summed E-state index contributed by atoms with van der Waals surface area (Å²) in [6.45, 7) is 7.59. The molecule has 0 spiro atoms. The molecule has 0 saturated heterocycles. The molecule has 0 aliphatic heterocycles. The number of amides is 1. The van der Waals surface area contributed by atoms with Crippen molar-refractivity contribution in [2.45, 2.75) is 53.0 Å². The number of carbonyl (C=O) groups is 2. The van der Waals surface area contributed by atoms with E-state index in [0.717, 1.165) is 24.0 Å². The van der Waals surface area contributed by atoms with Gasteiger partial charge in [-0.2, -0.15) is 0 Å². The van der Waals surface area contributed by atoms with E-state index in [2.05, 4.69) is 5.32 Å². The lowest BCUT2D eigenvalue weighted by molar-refractivity contribution is -0.141. The lowest BCUT2D eigenvalue weighted by Crippen LogP contribution is -2.33. The lowest BCUT2D eigenvalue weighted by Gasteiger charge is -2.15. The van der Waals surface area contributed by atoms with Crippen molar-refractivity contribution in [3.05, 3.63) is 34.9 Å². The number of benzene rings is 1. The zero-order valence-electron chi connectivity index (χ0n) is 13.3. The number of carboxylic acids is 1. The van der Waals surface area contributed by atoms with Gasteiger partial charge >= 0.3 is 5.97 Å². The standard InChI is InChI=1S/C17H25NO3/c1-11-8-9-15(13(3)10-11)16(19)18-14(4)7-5-6-12(2)17(20)21/h8-10,12,14H,5-7H2,1-4H3,(H,18,19)(H,20,21). The molecule has 1 amide bonds. The molecule has 0 fully saturated rings. The molecular formula is C17H25NO3. The third-order valence-corrected chi connectivity index (χ3v) is 3.70. The topological polar surface area (TPSA) is 66.4 Å². The molecule has 0 bridgehead atoms. The maximum atomic E-state index is 12.2. The van der Waals surface area contributed by atoms with Crippen molar-refractivity contribution in [1.82, 2.24) is 5.32 Å². The highest BCUT2D eigenvalue weighted by atomic mass is 16.4. The van der Waals surface area contributed by atoms with Crippen molar-refractivity contribution in [3.8, 4) is 0 Å². The molecule has 0 aromatic heterocycles. The predicted octanol–water partition coefficient (Wildman–Crippen LogP) is 3.31. The van der Waals surface area contributed by atoms with Crippen LogP contribution in [-0.2, 0) is 4.79 Å². The molecule has 1 aromatic rings. The second-order valence-electron chi connectivity index (χ2n) is 5.86. The van der Waals surface area contributed by atoms with Gasteiger partial charge in [0.25, 0.3) is 5.91 Å². The quantitative estimate of drug-likeness (QED) is 0.810. The van der Waals surface area contributed by atoms with Crippen LogP contribution in [0.3, 0.4) is 0 Å². The monoisotopic (exact) mass is 291 g/mol. The fourth-order valence-corrected chi connectivity index (χ4v) is 2.30. The highest BCUT2D eigenvalue weighted by Gasteiger charge is 2.14. The van der Waals surface area contributed by atoms with Crippen LogP contribution in [0.4, 0.5) is 0 Å². The van der Waals surface area contributed by atoms with E-state index in [-0.39, 0.29) is 17.9 Å². The van der Waals surface area contributed by atoms with E-state index in [4.69, 9.17) is 5.11 Å². The minimum Gasteiger partial charge on any atom is -0.481 e. The van der Waals surface area contributed by atoms with E-state index < -0.39 is 5.97 Å². The third kappa shape index (κ3) is 5.58. The fourth-order valence-electron chi connectivity index (χ4n) is 2.30. The van der Waals surface area contributed by atoms with Crippen molar-refractivity contribution in [3.63, 3.8) is 0 Å². The summed E-state index contributed by atoms with van der Waals surface area (Å²) in [4.78, 5) is 22.9. The van der Waals surface area contributed by atoms with E-state index >= 15 is 0 Å². The number of carbonyl (C=O) groups excluding carboxylic acids is 1. The number of aryl methyl sites for hydroxylation is 2. The summed E-state index contributed by atoms with van der Waals surface area (Å²) in [7, 11) is 0. The molecular weight excluding hydrogens is 266 g/mol. The number of hydrogen-bond donors (Lipinski definition) is 2. The molecule has 1 aromatic carbocycles. The Morgan fingerprint density at radius 2 is 1.86 bits per heavy atom. The molecule has 0 heterocycles. The molecule has 0 aliphatic rings. The van der Waals surface area contributed by atoms with Crippen molar-refractivity contribution in [1.29, 1.82) is 0 Å². The Morgan fingerprint density at radius 1 is 1.19 bits per heavy atom. The average molecular weight is 291 g/mol. The van der Waals surface area contributed by atoms with Crippen LogP contribution in [0.15, 0.2) is 18.2 Å². The summed E-state index contributed by atoms with van der Waals surface area (Å²) in [5, 5.41) is 11.8. The molecule has 2 atom stereocenters. The molecule has 0 aliphatic carbocycles. The second kappa shape index (κ2) is 7.81. The molecule has 2 unspecified atom stereocenters. The van der Waals surface area contributed by atoms with Crippen molar-refractivity contribution < 1.29 is 14.7 Å². The highest BCUT2D eigenvalue weighted by molar-refractivity contribution is 5.95. The van der Waals surface area contributed by atoms with E-state index in [1.54, 1.807) is 6.92 Å². The van der Waals surface area contributed by atoms with Gasteiger partial charge in [-0.1, -0.05) is 31.0 Å². The Morgan fingerprint density at radius 3 is 2.43 bits per heavy atom. The van der Waals surface area contributed by atoms with Gasteiger partial charge in [-0.3, -0.25) is 9.59 Å². The Labute approximate surface area is 126 Å². The first-order valence-corrected chi connectivity index (χ1v) is 7.42. The van der Waals surface area contributed by atoms with Gasteiger partial charge in [-0.05, 0) is 45.2 Å². The number of rotatable bonds is 7. The van der Waals surface area contributed by atoms with Crippen molar-refractivity contribution in [2.75, 3.05) is 0 Å². The van der Waals surface area contributed by atoms with Crippen LogP contribution in [0.25, 0.3) is 0 Å². The Hall–Kier alpha value is -1.84. The second-order valence-corrected chi connectivity index (χ2v) is 5.86. The van der Waals surface area contributed by atoms with E-state index in [0.29, 0.717) is 12.0 Å². The van der Waals surface area contributed by atoms with Gasteiger partial charge < -0.3 is 10.4 Å². The normalized spacial score (nSPS) is 13.5. The average Bonchev–Trinajstić information content (AvgIpc) is 2.37. The largest absolute Gasteiger partial charge is 0.481 e. The van der Waals surface area contributed by atoms with Crippen LogP contribution in [-0.4, -0.2) is 23.0 Å². The SMILES string of the molecule is Cc1ccc(C(=O)NC(C)CCCC(C)C(=O)O)c(C)c1. The Balaban J connectivity index is 2.45. The van der Waals surface area contributed by atoms with Gasteiger partial charge in [-0.15, -0.1) is 0 Å². The first kappa shape index (κ1) is 17.2. The lowest BCUT2D eigenvalue weighted by atomic mass is 10.0. The summed E-state index contributed by atoms with van der Waals surface area (Å²) in [6.07, 6.45) is 2.22. The Kier molecular flexibility index (Phi) is 6.40. The summed E-state index contributed by atoms with van der Waals surface area (Å²) in [6, 6.07) is 5.81. The fraction of sp³-hybridized carbons (Fsp3) is 0.529. The number of aliphatic carboxylic acids is 1. The molecule has 116 valence electrons. The van der Waals surface area contributed by atoms with Crippen LogP contribution in [0, 0.1) is 19.8 Å². The van der Waals surface area contributed by atoms with Crippen LogP contribution in [0.1, 0.15) is 54.6 Å². The van der Waals surface area contributed by atoms with Crippen molar-refractivity contribution >= 4 is 11.9 Å². The van der Waals surface area contributed by atoms with Gasteiger partial charge in [0.1, 0.15) is 0 Å². The van der Waals surface area contributed by atoms with E-state index in [1.807, 2.05) is 39.0 Å². The molecule has 0 saturated carbocycles. The van der Waals surface area contributed by atoms with Gasteiger partial charge in [-0.25, -0.2) is 0 Å². The van der Waals surface area contributed by atoms with Gasteiger partial charge in [0.05, 0.1) is 5.92 Å². The first-order chi connectivity index (χ1) is 9.81. The molecule has 0 radical (unpaired) electrons. The summed E-state index contributed by atoms with van der Waals surface area (Å²) >= 11 is 0. The maximum Gasteiger partial charge on any atom is 0.306 e. The number of carboxylic acid groups (broad SMARTS) is 1. The Bertz CT molecular complexity index is 511. The third-order valence-electron chi connectivity index (χ3n) is 3.70. The maximum absolute atomic E-state index is 12.2. The van der Waals surface area contributed by atoms with Crippen LogP contribution >= 0.6 is 0 Å². The van der Waals surface area contributed by atoms with E-state index in [1.165, 1.54) is 0 Å². The van der Waals surface area contributed by atoms with Crippen LogP contribution in [0.5, 0.6) is 0 Å². The van der Waals surface area contributed by atoms with Gasteiger partial charge in [0.2, 0.25) is 0 Å². The molecule has 1 rings (SSSR count). The molecule has 21 heavy (non-hydrogen) atoms. The first-order valence-electron chi connectivity index (χ1n) is 7.42. The molecule has 2 N–H and O–H groups in total. The van der Waals surface area contributed by atoms with Crippen LogP contribution in [0.2, 0.25) is 0 Å². The minimum absolute atomic E-state index is 0.0409. The summed E-state index contributed by atoms with van der Waals surface area (Å²) in [5.74, 6) is -1.15.